The summed E-state index contributed by atoms with van der Waals surface area (Å²) in [6.07, 6.45) is 0.230. The minimum absolute atomic E-state index is 0.00788. The molecule has 1 N–H and O–H groups in total. The summed E-state index contributed by atoms with van der Waals surface area (Å²) in [5.41, 5.74) is 2.67. The number of likely N-dealkylation sites (N-methyl/N-ethyl adjacent to an activating group) is 1. The summed E-state index contributed by atoms with van der Waals surface area (Å²) in [5.74, 6) is -0.919. The molecular formula is C33H33Cl2N3O4S. The van der Waals surface area contributed by atoms with E-state index in [1.165, 1.54) is 29.2 Å². The first-order valence-electron chi connectivity index (χ1n) is 13.8. The van der Waals surface area contributed by atoms with Gasteiger partial charge >= 0.3 is 0 Å². The highest BCUT2D eigenvalue weighted by atomic mass is 35.5. The highest BCUT2D eigenvalue weighted by Gasteiger charge is 2.35. The van der Waals surface area contributed by atoms with E-state index in [4.69, 9.17) is 23.2 Å². The molecule has 0 fully saturated rings. The maximum absolute atomic E-state index is 14.4. The Kier molecular flexibility index (Phi) is 10.9. The van der Waals surface area contributed by atoms with Gasteiger partial charge in [0.25, 0.3) is 10.0 Å². The van der Waals surface area contributed by atoms with Crippen LogP contribution in [0.1, 0.15) is 23.6 Å². The molecule has 4 rings (SSSR count). The molecule has 0 radical (unpaired) electrons. The van der Waals surface area contributed by atoms with Gasteiger partial charge in [0.2, 0.25) is 11.8 Å². The number of aryl methyl sites for hydroxylation is 1. The van der Waals surface area contributed by atoms with E-state index < -0.39 is 28.5 Å². The van der Waals surface area contributed by atoms with Crippen LogP contribution in [0.25, 0.3) is 0 Å². The standard InChI is InChI=1S/C33H33Cl2N3O4S/c1-3-36-33(40)30(21-25-14-6-4-7-15-25)37(22-26-16-11-10-13-24(26)2)31(39)23-38(29-20-12-19-28(34)32(29)35)43(41,42)27-17-8-5-9-18-27/h4-20,30H,3,21-23H2,1-2H3,(H,36,40)/t30-/m1/s1. The predicted molar refractivity (Wildman–Crippen MR) is 172 cm³/mol. The number of halogens is 2. The van der Waals surface area contributed by atoms with Gasteiger partial charge in [0.05, 0.1) is 20.6 Å². The van der Waals surface area contributed by atoms with Gasteiger partial charge in [0.15, 0.2) is 0 Å². The highest BCUT2D eigenvalue weighted by Crippen LogP contribution is 2.35. The highest BCUT2D eigenvalue weighted by molar-refractivity contribution is 7.92. The van der Waals surface area contributed by atoms with E-state index in [0.717, 1.165) is 21.0 Å². The Labute approximate surface area is 263 Å². The minimum atomic E-state index is -4.28. The summed E-state index contributed by atoms with van der Waals surface area (Å²) in [5, 5.41) is 2.99. The molecule has 4 aromatic rings. The number of hydrogen-bond donors (Lipinski definition) is 1. The maximum atomic E-state index is 14.4. The van der Waals surface area contributed by atoms with Gasteiger partial charge in [-0.2, -0.15) is 0 Å². The second-order valence-electron chi connectivity index (χ2n) is 9.95. The summed E-state index contributed by atoms with van der Waals surface area (Å²) < 4.78 is 29.0. The number of anilines is 1. The van der Waals surface area contributed by atoms with Gasteiger partial charge in [-0.15, -0.1) is 0 Å². The van der Waals surface area contributed by atoms with Crippen LogP contribution < -0.4 is 9.62 Å². The molecule has 0 aliphatic rings. The lowest BCUT2D eigenvalue weighted by atomic mass is 10.0. The zero-order valence-electron chi connectivity index (χ0n) is 23.9. The van der Waals surface area contributed by atoms with Crippen molar-refractivity contribution in [2.45, 2.75) is 37.8 Å². The van der Waals surface area contributed by atoms with E-state index >= 15 is 0 Å². The number of amides is 2. The third kappa shape index (κ3) is 7.76. The van der Waals surface area contributed by atoms with E-state index in [-0.39, 0.29) is 39.5 Å². The van der Waals surface area contributed by atoms with Crippen molar-refractivity contribution in [3.63, 3.8) is 0 Å². The Morgan fingerprint density at radius 2 is 1.47 bits per heavy atom. The molecule has 0 bridgehead atoms. The lowest BCUT2D eigenvalue weighted by molar-refractivity contribution is -0.140. The van der Waals surface area contributed by atoms with Crippen molar-refractivity contribution in [3.05, 3.63) is 130 Å². The number of nitrogens with one attached hydrogen (secondary N) is 1. The van der Waals surface area contributed by atoms with Gasteiger partial charge in [-0.05, 0) is 54.8 Å². The number of nitrogens with zero attached hydrogens (tertiary/aromatic N) is 2. The third-order valence-corrected chi connectivity index (χ3v) is 9.62. The number of sulfonamides is 1. The molecule has 224 valence electrons. The fraction of sp³-hybridized carbons (Fsp3) is 0.212. The second-order valence-corrected chi connectivity index (χ2v) is 12.6. The van der Waals surface area contributed by atoms with Gasteiger partial charge in [-0.25, -0.2) is 8.42 Å². The van der Waals surface area contributed by atoms with Crippen LogP contribution in [0.4, 0.5) is 5.69 Å². The van der Waals surface area contributed by atoms with Crippen LogP contribution in [-0.4, -0.2) is 44.3 Å². The van der Waals surface area contributed by atoms with Crippen molar-refractivity contribution < 1.29 is 18.0 Å². The average molecular weight is 639 g/mol. The van der Waals surface area contributed by atoms with E-state index in [2.05, 4.69) is 5.32 Å². The van der Waals surface area contributed by atoms with Crippen molar-refractivity contribution in [2.24, 2.45) is 0 Å². The second kappa shape index (κ2) is 14.6. The van der Waals surface area contributed by atoms with E-state index in [9.17, 15) is 18.0 Å². The van der Waals surface area contributed by atoms with E-state index in [1.807, 2.05) is 61.5 Å². The molecule has 7 nitrogen and oxygen atoms in total. The fourth-order valence-corrected chi connectivity index (χ4v) is 6.63. The first-order chi connectivity index (χ1) is 20.6. The Balaban J connectivity index is 1.83. The van der Waals surface area contributed by atoms with Crippen molar-refractivity contribution in [1.82, 2.24) is 10.2 Å². The molecule has 0 saturated heterocycles. The number of carbonyl (C=O) groups is 2. The van der Waals surface area contributed by atoms with Crippen LogP contribution in [0.2, 0.25) is 10.0 Å². The Morgan fingerprint density at radius 1 is 0.837 bits per heavy atom. The number of benzene rings is 4. The van der Waals surface area contributed by atoms with Crippen LogP contribution in [0.3, 0.4) is 0 Å². The first kappa shape index (κ1) is 32.1. The topological polar surface area (TPSA) is 86.8 Å². The monoisotopic (exact) mass is 637 g/mol. The molecule has 1 atom stereocenters. The Hall–Kier alpha value is -3.85. The smallest absolute Gasteiger partial charge is 0.264 e. The molecule has 0 saturated carbocycles. The molecule has 0 aliphatic heterocycles. The summed E-state index contributed by atoms with van der Waals surface area (Å²) in [6.45, 7) is 3.56. The lowest BCUT2D eigenvalue weighted by Crippen LogP contribution is -2.53. The summed E-state index contributed by atoms with van der Waals surface area (Å²) in [7, 11) is -4.28. The van der Waals surface area contributed by atoms with Crippen LogP contribution >= 0.6 is 23.2 Å². The van der Waals surface area contributed by atoms with Gasteiger partial charge in [-0.1, -0.05) is 102 Å². The van der Waals surface area contributed by atoms with Crippen molar-refractivity contribution >= 4 is 50.7 Å². The van der Waals surface area contributed by atoms with E-state index in [1.54, 1.807) is 31.2 Å². The molecule has 0 unspecified atom stereocenters. The quantitative estimate of drug-likeness (QED) is 0.198. The molecule has 0 aliphatic carbocycles. The molecule has 4 aromatic carbocycles. The predicted octanol–water partition coefficient (Wildman–Crippen LogP) is 6.27. The van der Waals surface area contributed by atoms with Crippen molar-refractivity contribution in [2.75, 3.05) is 17.4 Å². The lowest BCUT2D eigenvalue weighted by Gasteiger charge is -2.34. The molecule has 0 heterocycles. The van der Waals surface area contributed by atoms with Crippen LogP contribution in [-0.2, 0) is 32.6 Å². The van der Waals surface area contributed by atoms with Crippen LogP contribution in [0.15, 0.2) is 108 Å². The molecular weight excluding hydrogens is 605 g/mol. The van der Waals surface area contributed by atoms with E-state index in [0.29, 0.717) is 6.54 Å². The average Bonchev–Trinajstić information content (AvgIpc) is 3.01. The van der Waals surface area contributed by atoms with Crippen LogP contribution in [0, 0.1) is 6.92 Å². The number of carbonyl (C=O) groups excluding carboxylic acids is 2. The Morgan fingerprint density at radius 3 is 2.12 bits per heavy atom. The third-order valence-electron chi connectivity index (χ3n) is 7.03. The summed E-state index contributed by atoms with van der Waals surface area (Å²) in [6, 6.07) is 28.4. The van der Waals surface area contributed by atoms with Crippen LogP contribution in [0.5, 0.6) is 0 Å². The zero-order valence-corrected chi connectivity index (χ0v) is 26.2. The first-order valence-corrected chi connectivity index (χ1v) is 16.0. The molecule has 0 aromatic heterocycles. The van der Waals surface area contributed by atoms with Gasteiger partial charge in [0, 0.05) is 19.5 Å². The molecule has 10 heteroatoms. The maximum Gasteiger partial charge on any atom is 0.264 e. The molecule has 0 spiro atoms. The van der Waals surface area contributed by atoms with Gasteiger partial charge in [0.1, 0.15) is 12.6 Å². The molecule has 2 amide bonds. The number of hydrogen-bond acceptors (Lipinski definition) is 4. The van der Waals surface area contributed by atoms with Crippen molar-refractivity contribution in [3.8, 4) is 0 Å². The largest absolute Gasteiger partial charge is 0.355 e. The SMILES string of the molecule is CCNC(=O)[C@@H](Cc1ccccc1)N(Cc1ccccc1C)C(=O)CN(c1cccc(Cl)c1Cl)S(=O)(=O)c1ccccc1. The van der Waals surface area contributed by atoms with Gasteiger partial charge < -0.3 is 10.2 Å². The normalized spacial score (nSPS) is 11.9. The molecule has 43 heavy (non-hydrogen) atoms. The van der Waals surface area contributed by atoms with Gasteiger partial charge in [-0.3, -0.25) is 13.9 Å². The fourth-order valence-electron chi connectivity index (χ4n) is 4.74. The minimum Gasteiger partial charge on any atom is -0.355 e. The number of rotatable bonds is 12. The summed E-state index contributed by atoms with van der Waals surface area (Å²) >= 11 is 12.8. The van der Waals surface area contributed by atoms with Crippen molar-refractivity contribution in [1.29, 1.82) is 0 Å². The summed E-state index contributed by atoms with van der Waals surface area (Å²) in [4.78, 5) is 29.4. The Bertz CT molecular complexity index is 1670. The zero-order chi connectivity index (χ0) is 31.0.